The van der Waals surface area contributed by atoms with Crippen LogP contribution >= 0.6 is 0 Å². The lowest BCUT2D eigenvalue weighted by atomic mass is 9.81. The van der Waals surface area contributed by atoms with E-state index in [1.54, 1.807) is 11.1 Å². The maximum absolute atomic E-state index is 13.2. The van der Waals surface area contributed by atoms with Crippen molar-refractivity contribution in [2.45, 2.75) is 44.9 Å². The SMILES string of the molecule is Cc1cc(-c2cncnc2[C@@H]2CCCN(C(=O)CN3C(=O)[C@@H]4[C@@H]5CC[C@@H](C5)[C@@H]4C3=O)C2)on1. The van der Waals surface area contributed by atoms with Gasteiger partial charge in [0.25, 0.3) is 0 Å². The van der Waals surface area contributed by atoms with Crippen LogP contribution in [0.5, 0.6) is 0 Å². The Balaban J connectivity index is 1.18. The maximum Gasteiger partial charge on any atom is 0.242 e. The van der Waals surface area contributed by atoms with Crippen molar-refractivity contribution in [2.75, 3.05) is 19.6 Å². The van der Waals surface area contributed by atoms with Gasteiger partial charge in [0.1, 0.15) is 12.9 Å². The van der Waals surface area contributed by atoms with Crippen molar-refractivity contribution < 1.29 is 18.9 Å². The number of carbonyl (C=O) groups excluding carboxylic acids is 3. The molecule has 4 aliphatic rings. The van der Waals surface area contributed by atoms with Gasteiger partial charge in [0.15, 0.2) is 5.76 Å². The third-order valence-corrected chi connectivity index (χ3v) is 8.11. The number of likely N-dealkylation sites (tertiary alicyclic amines) is 2. The predicted molar refractivity (Wildman–Crippen MR) is 115 cm³/mol. The van der Waals surface area contributed by atoms with Crippen molar-refractivity contribution >= 4 is 17.7 Å². The predicted octanol–water partition coefficient (Wildman–Crippen LogP) is 2.18. The van der Waals surface area contributed by atoms with Crippen molar-refractivity contribution in [1.29, 1.82) is 0 Å². The second-order valence-corrected chi connectivity index (χ2v) is 9.98. The second-order valence-electron chi connectivity index (χ2n) is 9.98. The molecule has 4 fully saturated rings. The highest BCUT2D eigenvalue weighted by Gasteiger charge is 2.61. The molecular weight excluding hydrogens is 422 g/mol. The van der Waals surface area contributed by atoms with Crippen LogP contribution in [0.2, 0.25) is 0 Å². The molecule has 0 radical (unpaired) electrons. The Hall–Kier alpha value is -3.10. The monoisotopic (exact) mass is 449 g/mol. The van der Waals surface area contributed by atoms with Crippen LogP contribution in [0.15, 0.2) is 23.1 Å². The van der Waals surface area contributed by atoms with Gasteiger partial charge in [-0.1, -0.05) is 5.16 Å². The first kappa shape index (κ1) is 20.5. The molecular formula is C24H27N5O4. The number of hydrogen-bond acceptors (Lipinski definition) is 7. The smallest absolute Gasteiger partial charge is 0.242 e. The molecule has 0 spiro atoms. The molecule has 0 aromatic carbocycles. The Morgan fingerprint density at radius 1 is 1.15 bits per heavy atom. The summed E-state index contributed by atoms with van der Waals surface area (Å²) in [5.41, 5.74) is 2.39. The minimum atomic E-state index is -0.188. The fourth-order valence-electron chi connectivity index (χ4n) is 6.63. The highest BCUT2D eigenvalue weighted by Crippen LogP contribution is 2.56. The van der Waals surface area contributed by atoms with Crippen LogP contribution in [0.25, 0.3) is 11.3 Å². The van der Waals surface area contributed by atoms with Gasteiger partial charge in [-0.3, -0.25) is 19.3 Å². The van der Waals surface area contributed by atoms with Crippen molar-refractivity contribution in [3.8, 4) is 11.3 Å². The molecule has 3 amide bonds. The molecule has 2 bridgehead atoms. The van der Waals surface area contributed by atoms with E-state index < -0.39 is 0 Å². The molecule has 2 aromatic rings. The van der Waals surface area contributed by atoms with E-state index in [1.807, 2.05) is 13.0 Å². The summed E-state index contributed by atoms with van der Waals surface area (Å²) in [5.74, 6) is 0.487. The van der Waals surface area contributed by atoms with Crippen molar-refractivity contribution in [3.05, 3.63) is 30.0 Å². The lowest BCUT2D eigenvalue weighted by Crippen LogP contribution is -2.46. The Morgan fingerprint density at radius 2 is 1.91 bits per heavy atom. The average Bonchev–Trinajstić information content (AvgIpc) is 3.61. The summed E-state index contributed by atoms with van der Waals surface area (Å²) >= 11 is 0. The Bertz CT molecular complexity index is 1100. The van der Waals surface area contributed by atoms with Gasteiger partial charge >= 0.3 is 0 Å². The lowest BCUT2D eigenvalue weighted by molar-refractivity contribution is -0.147. The number of aryl methyl sites for hydroxylation is 1. The Kier molecular flexibility index (Phi) is 4.81. The van der Waals surface area contributed by atoms with E-state index in [-0.39, 0.29) is 42.0 Å². The summed E-state index contributed by atoms with van der Waals surface area (Å²) in [6.45, 7) is 2.82. The number of imide groups is 1. The first-order chi connectivity index (χ1) is 16.0. The molecule has 2 saturated carbocycles. The van der Waals surface area contributed by atoms with E-state index in [1.165, 1.54) is 11.2 Å². The minimum absolute atomic E-state index is 0.0197. The van der Waals surface area contributed by atoms with Crippen LogP contribution in [-0.4, -0.2) is 62.3 Å². The van der Waals surface area contributed by atoms with Gasteiger partial charge in [-0.2, -0.15) is 0 Å². The van der Waals surface area contributed by atoms with Crippen molar-refractivity contribution in [2.24, 2.45) is 23.7 Å². The molecule has 9 heteroatoms. The lowest BCUT2D eigenvalue weighted by Gasteiger charge is -2.34. The number of hydrogen-bond donors (Lipinski definition) is 0. The molecule has 2 saturated heterocycles. The van der Waals surface area contributed by atoms with Crippen LogP contribution in [0.3, 0.4) is 0 Å². The normalized spacial score (nSPS) is 30.9. The molecule has 6 rings (SSSR count). The molecule has 33 heavy (non-hydrogen) atoms. The Morgan fingerprint density at radius 3 is 2.61 bits per heavy atom. The molecule has 5 atom stereocenters. The van der Waals surface area contributed by atoms with Crippen LogP contribution in [-0.2, 0) is 14.4 Å². The van der Waals surface area contributed by atoms with Gasteiger partial charge in [0.2, 0.25) is 17.7 Å². The summed E-state index contributed by atoms with van der Waals surface area (Å²) in [4.78, 5) is 50.9. The number of fused-ring (bicyclic) bond motifs is 5. The molecule has 2 aromatic heterocycles. The first-order valence-electron chi connectivity index (χ1n) is 11.9. The molecule has 0 unspecified atom stereocenters. The van der Waals surface area contributed by atoms with Crippen LogP contribution < -0.4 is 0 Å². The molecule has 0 N–H and O–H groups in total. The first-order valence-corrected chi connectivity index (χ1v) is 11.9. The summed E-state index contributed by atoms with van der Waals surface area (Å²) in [6.07, 6.45) is 8.00. The van der Waals surface area contributed by atoms with E-state index in [4.69, 9.17) is 4.52 Å². The minimum Gasteiger partial charge on any atom is -0.356 e. The number of rotatable bonds is 4. The van der Waals surface area contributed by atoms with Gasteiger partial charge in [0, 0.05) is 31.3 Å². The van der Waals surface area contributed by atoms with Crippen LogP contribution in [0.4, 0.5) is 0 Å². The summed E-state index contributed by atoms with van der Waals surface area (Å²) in [5, 5.41) is 3.97. The number of amides is 3. The number of carbonyl (C=O) groups is 3. The quantitative estimate of drug-likeness (QED) is 0.658. The van der Waals surface area contributed by atoms with Gasteiger partial charge in [-0.15, -0.1) is 0 Å². The van der Waals surface area contributed by atoms with Crippen LogP contribution in [0.1, 0.15) is 49.4 Å². The van der Waals surface area contributed by atoms with Gasteiger partial charge in [0.05, 0.1) is 28.8 Å². The maximum atomic E-state index is 13.2. The highest BCUT2D eigenvalue weighted by molar-refractivity contribution is 6.08. The van der Waals surface area contributed by atoms with E-state index in [0.29, 0.717) is 30.7 Å². The zero-order chi connectivity index (χ0) is 22.7. The van der Waals surface area contributed by atoms with E-state index in [2.05, 4.69) is 15.1 Å². The summed E-state index contributed by atoms with van der Waals surface area (Å²) in [6, 6.07) is 1.85. The van der Waals surface area contributed by atoms with Gasteiger partial charge in [-0.25, -0.2) is 9.97 Å². The average molecular weight is 450 g/mol. The number of piperidine rings is 1. The fraction of sp³-hybridized carbons (Fsp3) is 0.583. The van der Waals surface area contributed by atoms with E-state index in [9.17, 15) is 14.4 Å². The third-order valence-electron chi connectivity index (χ3n) is 8.11. The largest absolute Gasteiger partial charge is 0.356 e. The highest BCUT2D eigenvalue weighted by atomic mass is 16.5. The molecule has 2 aliphatic carbocycles. The molecule has 9 nitrogen and oxygen atoms in total. The number of aromatic nitrogens is 3. The van der Waals surface area contributed by atoms with E-state index in [0.717, 1.165) is 49.1 Å². The molecule has 172 valence electrons. The van der Waals surface area contributed by atoms with Crippen molar-refractivity contribution in [1.82, 2.24) is 24.9 Å². The summed E-state index contributed by atoms with van der Waals surface area (Å²) < 4.78 is 5.43. The van der Waals surface area contributed by atoms with Gasteiger partial charge in [-0.05, 0) is 50.9 Å². The zero-order valence-electron chi connectivity index (χ0n) is 18.6. The molecule has 2 aliphatic heterocycles. The van der Waals surface area contributed by atoms with E-state index >= 15 is 0 Å². The third kappa shape index (κ3) is 3.28. The zero-order valence-corrected chi connectivity index (χ0v) is 18.6. The van der Waals surface area contributed by atoms with Crippen molar-refractivity contribution in [3.63, 3.8) is 0 Å². The Labute approximate surface area is 191 Å². The molecule has 4 heterocycles. The topological polar surface area (TPSA) is 110 Å². The summed E-state index contributed by atoms with van der Waals surface area (Å²) in [7, 11) is 0. The van der Waals surface area contributed by atoms with Crippen LogP contribution in [0, 0.1) is 30.6 Å². The second kappa shape index (κ2) is 7.74. The number of nitrogens with zero attached hydrogens (tertiary/aromatic N) is 5. The fourth-order valence-corrected chi connectivity index (χ4v) is 6.63. The standard InChI is InChI=1S/C24H27N5O4/c1-13-7-18(33-27-13)17-9-25-12-26-22(17)16-3-2-6-28(10-16)19(30)11-29-23(31)20-14-4-5-15(8-14)21(20)24(29)32/h7,9,12,14-16,20-21H,2-6,8,10-11H2,1H3/t14-,15+,16-,20-,21+/m1/s1. The van der Waals surface area contributed by atoms with Gasteiger partial charge < -0.3 is 9.42 Å².